The summed E-state index contributed by atoms with van der Waals surface area (Å²) in [5.74, 6) is -2.03. The van der Waals surface area contributed by atoms with E-state index in [2.05, 4.69) is 4.74 Å². The first-order chi connectivity index (χ1) is 9.66. The molecule has 0 aliphatic heterocycles. The summed E-state index contributed by atoms with van der Waals surface area (Å²) in [5, 5.41) is 0. The van der Waals surface area contributed by atoms with Crippen molar-refractivity contribution in [1.82, 2.24) is 0 Å². The Morgan fingerprint density at radius 3 is 2.48 bits per heavy atom. The summed E-state index contributed by atoms with van der Waals surface area (Å²) in [6.45, 7) is 4.07. The van der Waals surface area contributed by atoms with E-state index in [0.29, 0.717) is 12.3 Å². The highest BCUT2D eigenvalue weighted by molar-refractivity contribution is 8.13. The van der Waals surface area contributed by atoms with E-state index in [1.807, 2.05) is 13.8 Å². The third kappa shape index (κ3) is 4.86. The summed E-state index contributed by atoms with van der Waals surface area (Å²) in [4.78, 5) is 11.2. The van der Waals surface area contributed by atoms with Gasteiger partial charge in [-0.25, -0.2) is 17.6 Å². The summed E-state index contributed by atoms with van der Waals surface area (Å²) in [6.07, 6.45) is 0.644. The van der Waals surface area contributed by atoms with E-state index in [1.54, 1.807) is 0 Å². The van der Waals surface area contributed by atoms with E-state index in [0.717, 1.165) is 19.2 Å². The van der Waals surface area contributed by atoms with E-state index in [4.69, 9.17) is 15.4 Å². The van der Waals surface area contributed by atoms with Gasteiger partial charge in [-0.3, -0.25) is 0 Å². The molecule has 0 unspecified atom stereocenters. The fourth-order valence-corrected chi connectivity index (χ4v) is 2.55. The van der Waals surface area contributed by atoms with Crippen molar-refractivity contribution in [1.29, 1.82) is 0 Å². The Morgan fingerprint density at radius 2 is 2.00 bits per heavy atom. The van der Waals surface area contributed by atoms with Crippen LogP contribution in [0.25, 0.3) is 0 Å². The molecule has 0 N–H and O–H groups in total. The van der Waals surface area contributed by atoms with Crippen LogP contribution >= 0.6 is 10.7 Å². The highest BCUT2D eigenvalue weighted by Gasteiger charge is 2.24. The Hall–Kier alpha value is -1.34. The molecule has 0 aliphatic rings. The normalized spacial score (nSPS) is 11.5. The molecule has 21 heavy (non-hydrogen) atoms. The SMILES string of the molecule is COc1c(F)cc(C(=O)OCCC(C)C)cc1S(=O)(=O)Cl. The second-order valence-corrected chi connectivity index (χ2v) is 7.28. The van der Waals surface area contributed by atoms with Gasteiger partial charge in [0.15, 0.2) is 11.6 Å². The van der Waals surface area contributed by atoms with Crippen LogP contribution in [0.15, 0.2) is 17.0 Å². The first-order valence-corrected chi connectivity index (χ1v) is 8.47. The van der Waals surface area contributed by atoms with Crippen LogP contribution in [0.1, 0.15) is 30.6 Å². The standard InChI is InChI=1S/C13H16ClFO5S/c1-8(2)4-5-20-13(16)9-6-10(15)12(19-3)11(7-9)21(14,17)18/h6-8H,4-5H2,1-3H3. The fraction of sp³-hybridized carbons (Fsp3) is 0.462. The Labute approximate surface area is 127 Å². The lowest BCUT2D eigenvalue weighted by Gasteiger charge is -2.10. The first kappa shape index (κ1) is 17.7. The van der Waals surface area contributed by atoms with Crippen molar-refractivity contribution in [3.8, 4) is 5.75 Å². The fourth-order valence-electron chi connectivity index (χ4n) is 1.54. The van der Waals surface area contributed by atoms with Crippen molar-refractivity contribution in [2.75, 3.05) is 13.7 Å². The van der Waals surface area contributed by atoms with Crippen LogP contribution in [-0.4, -0.2) is 28.1 Å². The minimum Gasteiger partial charge on any atom is -0.492 e. The number of halogens is 2. The maximum Gasteiger partial charge on any atom is 0.338 e. The van der Waals surface area contributed by atoms with Crippen molar-refractivity contribution < 1.29 is 27.1 Å². The number of carbonyl (C=O) groups is 1. The van der Waals surface area contributed by atoms with Crippen LogP contribution in [0, 0.1) is 11.7 Å². The molecule has 0 amide bonds. The monoisotopic (exact) mass is 338 g/mol. The maximum atomic E-state index is 13.8. The van der Waals surface area contributed by atoms with E-state index in [1.165, 1.54) is 0 Å². The molecule has 0 saturated carbocycles. The second-order valence-electron chi connectivity index (χ2n) is 4.75. The average Bonchev–Trinajstić information content (AvgIpc) is 2.36. The van der Waals surface area contributed by atoms with E-state index < -0.39 is 31.5 Å². The van der Waals surface area contributed by atoms with Gasteiger partial charge in [-0.15, -0.1) is 0 Å². The van der Waals surface area contributed by atoms with Crippen molar-refractivity contribution in [2.24, 2.45) is 5.92 Å². The number of benzene rings is 1. The molecule has 0 heterocycles. The van der Waals surface area contributed by atoms with E-state index in [-0.39, 0.29) is 12.2 Å². The molecule has 5 nitrogen and oxygen atoms in total. The second kappa shape index (κ2) is 7.09. The lowest BCUT2D eigenvalue weighted by atomic mass is 10.1. The number of hydrogen-bond acceptors (Lipinski definition) is 5. The van der Waals surface area contributed by atoms with E-state index >= 15 is 0 Å². The molecule has 0 radical (unpaired) electrons. The lowest BCUT2D eigenvalue weighted by molar-refractivity contribution is 0.0487. The largest absolute Gasteiger partial charge is 0.492 e. The third-order valence-electron chi connectivity index (χ3n) is 2.64. The molecule has 1 rings (SSSR count). The summed E-state index contributed by atoms with van der Waals surface area (Å²) in [7, 11) is 2.05. The first-order valence-electron chi connectivity index (χ1n) is 6.16. The number of methoxy groups -OCH3 is 1. The molecule has 1 aromatic rings. The van der Waals surface area contributed by atoms with Crippen LogP contribution in [0.5, 0.6) is 5.75 Å². The molecular weight excluding hydrogens is 323 g/mol. The molecule has 118 valence electrons. The summed E-state index contributed by atoms with van der Waals surface area (Å²) in [5.41, 5.74) is -0.240. The summed E-state index contributed by atoms with van der Waals surface area (Å²) < 4.78 is 46.2. The molecule has 0 aromatic heterocycles. The predicted octanol–water partition coefficient (Wildman–Crippen LogP) is 2.96. The zero-order valence-electron chi connectivity index (χ0n) is 11.9. The van der Waals surface area contributed by atoms with Crippen LogP contribution in [0.4, 0.5) is 4.39 Å². The van der Waals surface area contributed by atoms with Crippen molar-refractivity contribution in [3.05, 3.63) is 23.5 Å². The number of esters is 1. The van der Waals surface area contributed by atoms with Gasteiger partial charge < -0.3 is 9.47 Å². The van der Waals surface area contributed by atoms with Gasteiger partial charge in [-0.05, 0) is 24.5 Å². The number of rotatable bonds is 6. The molecule has 0 aliphatic carbocycles. The minimum absolute atomic E-state index is 0.160. The zero-order chi connectivity index (χ0) is 16.2. The average molecular weight is 339 g/mol. The van der Waals surface area contributed by atoms with Gasteiger partial charge in [0.05, 0.1) is 19.3 Å². The van der Waals surface area contributed by atoms with Crippen molar-refractivity contribution >= 4 is 25.7 Å². The summed E-state index contributed by atoms with van der Waals surface area (Å²) in [6, 6.07) is 1.78. The van der Waals surface area contributed by atoms with Crippen LogP contribution in [-0.2, 0) is 13.8 Å². The molecular formula is C13H16ClFO5S. The van der Waals surface area contributed by atoms with Crippen molar-refractivity contribution in [2.45, 2.75) is 25.2 Å². The molecule has 1 aromatic carbocycles. The van der Waals surface area contributed by atoms with Gasteiger partial charge in [0, 0.05) is 10.7 Å². The number of ether oxygens (including phenoxy) is 2. The third-order valence-corrected chi connectivity index (χ3v) is 3.97. The van der Waals surface area contributed by atoms with Crippen LogP contribution < -0.4 is 4.74 Å². The van der Waals surface area contributed by atoms with Gasteiger partial charge >= 0.3 is 5.97 Å². The van der Waals surface area contributed by atoms with Crippen LogP contribution in [0.3, 0.4) is 0 Å². The van der Waals surface area contributed by atoms with Crippen molar-refractivity contribution in [3.63, 3.8) is 0 Å². The zero-order valence-corrected chi connectivity index (χ0v) is 13.4. The van der Waals surface area contributed by atoms with Gasteiger partial charge in [-0.1, -0.05) is 13.8 Å². The lowest BCUT2D eigenvalue weighted by Crippen LogP contribution is -2.10. The molecule has 0 atom stereocenters. The van der Waals surface area contributed by atoms with E-state index in [9.17, 15) is 17.6 Å². The number of hydrogen-bond donors (Lipinski definition) is 0. The van der Waals surface area contributed by atoms with Gasteiger partial charge in [0.2, 0.25) is 0 Å². The van der Waals surface area contributed by atoms with Gasteiger partial charge in [0.1, 0.15) is 4.90 Å². The molecule has 0 saturated heterocycles. The highest BCUT2D eigenvalue weighted by Crippen LogP contribution is 2.31. The Bertz CT molecular complexity index is 628. The smallest absolute Gasteiger partial charge is 0.338 e. The minimum atomic E-state index is -4.26. The Morgan fingerprint density at radius 1 is 1.38 bits per heavy atom. The van der Waals surface area contributed by atoms with Gasteiger partial charge in [-0.2, -0.15) is 0 Å². The maximum absolute atomic E-state index is 13.8. The Kier molecular flexibility index (Phi) is 5.98. The highest BCUT2D eigenvalue weighted by atomic mass is 35.7. The van der Waals surface area contributed by atoms with Crippen LogP contribution in [0.2, 0.25) is 0 Å². The molecule has 0 spiro atoms. The predicted molar refractivity (Wildman–Crippen MR) is 75.7 cm³/mol. The molecule has 0 bridgehead atoms. The summed E-state index contributed by atoms with van der Waals surface area (Å²) >= 11 is 0. The molecule has 8 heteroatoms. The van der Waals surface area contributed by atoms with Gasteiger partial charge in [0.25, 0.3) is 9.05 Å². The number of carbonyl (C=O) groups excluding carboxylic acids is 1. The topological polar surface area (TPSA) is 69.7 Å². The molecule has 0 fully saturated rings. The Balaban J connectivity index is 3.10. The quantitative estimate of drug-likeness (QED) is 0.589.